The van der Waals surface area contributed by atoms with Crippen molar-refractivity contribution in [2.75, 3.05) is 0 Å². The normalized spacial score (nSPS) is 10.4. The van der Waals surface area contributed by atoms with Crippen LogP contribution >= 0.6 is 11.6 Å². The summed E-state index contributed by atoms with van der Waals surface area (Å²) in [7, 11) is 0. The van der Waals surface area contributed by atoms with Crippen molar-refractivity contribution in [3.63, 3.8) is 0 Å². The van der Waals surface area contributed by atoms with Gasteiger partial charge in [0, 0.05) is 11.8 Å². The molecule has 1 heterocycles. The van der Waals surface area contributed by atoms with E-state index in [-0.39, 0.29) is 0 Å². The number of alkyl halides is 1. The van der Waals surface area contributed by atoms with E-state index in [9.17, 15) is 0 Å². The minimum absolute atomic E-state index is 0.334. The fraction of sp³-hybridized carbons (Fsp3) is 0.286. The molecule has 0 N–H and O–H groups in total. The summed E-state index contributed by atoms with van der Waals surface area (Å²) in [6.45, 7) is 5.91. The Hall–Kier alpha value is -1.61. The Bertz CT molecular complexity index is 570. The molecule has 2 rings (SSSR count). The van der Waals surface area contributed by atoms with Crippen molar-refractivity contribution in [1.82, 2.24) is 9.97 Å². The summed E-state index contributed by atoms with van der Waals surface area (Å²) in [6.07, 6.45) is 1.70. The number of halogens is 1. The van der Waals surface area contributed by atoms with Gasteiger partial charge in [-0.3, -0.25) is 0 Å². The van der Waals surface area contributed by atoms with E-state index in [0.717, 1.165) is 16.9 Å². The third kappa shape index (κ3) is 2.62. The van der Waals surface area contributed by atoms with E-state index in [1.165, 1.54) is 5.56 Å². The van der Waals surface area contributed by atoms with Gasteiger partial charge >= 0.3 is 0 Å². The van der Waals surface area contributed by atoms with Gasteiger partial charge in [0.05, 0.1) is 5.88 Å². The third-order valence-electron chi connectivity index (χ3n) is 2.85. The maximum atomic E-state index is 5.86. The molecule has 0 atom stereocenters. The Morgan fingerprint density at radius 2 is 2.00 bits per heavy atom. The van der Waals surface area contributed by atoms with E-state index in [1.807, 2.05) is 26.0 Å². The van der Waals surface area contributed by atoms with Crippen LogP contribution in [-0.4, -0.2) is 9.97 Å². The lowest BCUT2D eigenvalue weighted by Gasteiger charge is -2.12. The monoisotopic (exact) mass is 262 g/mol. The standard InChI is InChI=1S/C14H15ClN2O/c1-9-5-4-6-13(10(9)2)18-14-12(7-15)8-16-11(3)17-14/h4-6,8H,7H2,1-3H3. The molecule has 1 aromatic heterocycles. The molecule has 0 saturated heterocycles. The average molecular weight is 263 g/mol. The fourth-order valence-corrected chi connectivity index (χ4v) is 1.78. The lowest BCUT2D eigenvalue weighted by Crippen LogP contribution is -1.99. The summed E-state index contributed by atoms with van der Waals surface area (Å²) < 4.78 is 5.86. The highest BCUT2D eigenvalue weighted by atomic mass is 35.5. The minimum Gasteiger partial charge on any atom is -0.438 e. The Balaban J connectivity index is 2.39. The lowest BCUT2D eigenvalue weighted by atomic mass is 10.1. The van der Waals surface area contributed by atoms with Crippen molar-refractivity contribution in [3.8, 4) is 11.6 Å². The number of rotatable bonds is 3. The van der Waals surface area contributed by atoms with E-state index in [1.54, 1.807) is 6.20 Å². The van der Waals surface area contributed by atoms with Gasteiger partial charge in [-0.05, 0) is 38.0 Å². The van der Waals surface area contributed by atoms with Crippen molar-refractivity contribution < 1.29 is 4.74 Å². The second-order valence-electron chi connectivity index (χ2n) is 4.18. The summed E-state index contributed by atoms with van der Waals surface area (Å²) >= 11 is 5.86. The molecule has 0 saturated carbocycles. The molecule has 0 aliphatic rings. The van der Waals surface area contributed by atoms with Crippen molar-refractivity contribution in [1.29, 1.82) is 0 Å². The first-order valence-corrected chi connectivity index (χ1v) is 6.28. The first-order valence-electron chi connectivity index (χ1n) is 5.74. The molecule has 0 unspecified atom stereocenters. The van der Waals surface area contributed by atoms with Gasteiger partial charge < -0.3 is 4.74 Å². The number of ether oxygens (including phenoxy) is 1. The maximum absolute atomic E-state index is 5.86. The van der Waals surface area contributed by atoms with Gasteiger partial charge in [-0.25, -0.2) is 4.98 Å². The minimum atomic E-state index is 0.334. The molecule has 0 aliphatic carbocycles. The Kier molecular flexibility index (Phi) is 3.82. The van der Waals surface area contributed by atoms with Crippen molar-refractivity contribution in [2.45, 2.75) is 26.7 Å². The van der Waals surface area contributed by atoms with Crippen LogP contribution in [0.1, 0.15) is 22.5 Å². The Morgan fingerprint density at radius 3 is 2.72 bits per heavy atom. The summed E-state index contributed by atoms with van der Waals surface area (Å²) in [5.41, 5.74) is 3.09. The first-order chi connectivity index (χ1) is 8.61. The zero-order chi connectivity index (χ0) is 13.1. The van der Waals surface area contributed by atoms with Crippen LogP contribution in [0.15, 0.2) is 24.4 Å². The Labute approximate surface area is 112 Å². The number of aromatic nitrogens is 2. The second kappa shape index (κ2) is 5.36. The molecule has 0 radical (unpaired) electrons. The third-order valence-corrected chi connectivity index (χ3v) is 3.14. The van der Waals surface area contributed by atoms with Gasteiger partial charge in [0.2, 0.25) is 5.88 Å². The first kappa shape index (κ1) is 12.8. The highest BCUT2D eigenvalue weighted by Gasteiger charge is 2.09. The largest absolute Gasteiger partial charge is 0.438 e. The molecular weight excluding hydrogens is 248 g/mol. The summed E-state index contributed by atoms with van der Waals surface area (Å²) in [4.78, 5) is 8.41. The molecule has 1 aromatic carbocycles. The zero-order valence-electron chi connectivity index (χ0n) is 10.7. The van der Waals surface area contributed by atoms with Crippen molar-refractivity contribution in [2.24, 2.45) is 0 Å². The van der Waals surface area contributed by atoms with Gasteiger partial charge in [-0.15, -0.1) is 11.6 Å². The van der Waals surface area contributed by atoms with Crippen LogP contribution in [0.25, 0.3) is 0 Å². The van der Waals surface area contributed by atoms with Crippen LogP contribution in [0.3, 0.4) is 0 Å². The van der Waals surface area contributed by atoms with Gasteiger partial charge in [0.25, 0.3) is 0 Å². The molecule has 18 heavy (non-hydrogen) atoms. The number of hydrogen-bond donors (Lipinski definition) is 0. The zero-order valence-corrected chi connectivity index (χ0v) is 11.5. The van der Waals surface area contributed by atoms with Crippen LogP contribution in [0, 0.1) is 20.8 Å². The van der Waals surface area contributed by atoms with Crippen LogP contribution in [0.4, 0.5) is 0 Å². The molecule has 0 bridgehead atoms. The van der Waals surface area contributed by atoms with Gasteiger partial charge in [0.1, 0.15) is 11.6 Å². The maximum Gasteiger partial charge on any atom is 0.226 e. The highest BCUT2D eigenvalue weighted by Crippen LogP contribution is 2.28. The molecular formula is C14H15ClN2O. The van der Waals surface area contributed by atoms with Crippen LogP contribution in [0.2, 0.25) is 0 Å². The molecule has 0 spiro atoms. The number of benzene rings is 1. The number of nitrogens with zero attached hydrogens (tertiary/aromatic N) is 2. The number of aryl methyl sites for hydroxylation is 2. The molecule has 94 valence electrons. The lowest BCUT2D eigenvalue weighted by molar-refractivity contribution is 0.451. The molecule has 0 fully saturated rings. The number of hydrogen-bond acceptors (Lipinski definition) is 3. The summed E-state index contributed by atoms with van der Waals surface area (Å²) in [5, 5.41) is 0. The van der Waals surface area contributed by atoms with Crippen molar-refractivity contribution >= 4 is 11.6 Å². The predicted molar refractivity (Wildman–Crippen MR) is 72.3 cm³/mol. The van der Waals surface area contributed by atoms with E-state index >= 15 is 0 Å². The molecule has 0 aliphatic heterocycles. The summed E-state index contributed by atoms with van der Waals surface area (Å²) in [5.74, 6) is 2.34. The second-order valence-corrected chi connectivity index (χ2v) is 4.45. The fourth-order valence-electron chi connectivity index (χ4n) is 1.59. The average Bonchev–Trinajstić information content (AvgIpc) is 2.35. The van der Waals surface area contributed by atoms with E-state index < -0.39 is 0 Å². The summed E-state index contributed by atoms with van der Waals surface area (Å²) in [6, 6.07) is 5.94. The van der Waals surface area contributed by atoms with Crippen molar-refractivity contribution in [3.05, 3.63) is 46.9 Å². The van der Waals surface area contributed by atoms with Crippen LogP contribution < -0.4 is 4.74 Å². The van der Waals surface area contributed by atoms with E-state index in [2.05, 4.69) is 23.0 Å². The van der Waals surface area contributed by atoms with E-state index in [4.69, 9.17) is 16.3 Å². The van der Waals surface area contributed by atoms with Gasteiger partial charge in [-0.2, -0.15) is 4.98 Å². The van der Waals surface area contributed by atoms with Gasteiger partial charge in [0.15, 0.2) is 0 Å². The molecule has 0 amide bonds. The predicted octanol–water partition coefficient (Wildman–Crippen LogP) is 3.93. The highest BCUT2D eigenvalue weighted by molar-refractivity contribution is 6.17. The molecule has 2 aromatic rings. The molecule has 4 heteroatoms. The Morgan fingerprint density at radius 1 is 1.22 bits per heavy atom. The van der Waals surface area contributed by atoms with Gasteiger partial charge in [-0.1, -0.05) is 12.1 Å². The SMILES string of the molecule is Cc1ncc(CCl)c(Oc2cccc(C)c2C)n1. The topological polar surface area (TPSA) is 35.0 Å². The van der Waals surface area contributed by atoms with Crippen LogP contribution in [-0.2, 0) is 5.88 Å². The smallest absolute Gasteiger partial charge is 0.226 e. The quantitative estimate of drug-likeness (QED) is 0.786. The van der Waals surface area contributed by atoms with Crippen LogP contribution in [0.5, 0.6) is 11.6 Å². The van der Waals surface area contributed by atoms with E-state index in [0.29, 0.717) is 17.6 Å². The molecule has 3 nitrogen and oxygen atoms in total.